The molecule has 0 aliphatic heterocycles. The average molecular weight is 250 g/mol. The van der Waals surface area contributed by atoms with Crippen LogP contribution in [-0.4, -0.2) is 16.1 Å². The minimum Gasteiger partial charge on any atom is -0.383 e. The molecule has 0 atom stereocenters. The smallest absolute Gasteiger partial charge is 0.330 e. The number of aromatic nitrogens is 2. The van der Waals surface area contributed by atoms with Crippen molar-refractivity contribution in [2.24, 2.45) is 5.92 Å². The average Bonchev–Trinajstić information content (AvgIpc) is 2.28. The number of hydrogen-bond acceptors (Lipinski definition) is 4. The molecule has 0 fully saturated rings. The maximum atomic E-state index is 11.7. The molecule has 0 aliphatic rings. The summed E-state index contributed by atoms with van der Waals surface area (Å²) in [4.78, 5) is 25.5. The summed E-state index contributed by atoms with van der Waals surface area (Å²) in [6, 6.07) is 0. The summed E-state index contributed by atoms with van der Waals surface area (Å²) in [5.74, 6) is 5.87. The Kier molecular flexibility index (Phi) is 4.60. The van der Waals surface area contributed by atoms with Crippen LogP contribution in [0.1, 0.15) is 20.8 Å². The van der Waals surface area contributed by atoms with Crippen molar-refractivity contribution in [1.29, 1.82) is 0 Å². The third-order valence-corrected chi connectivity index (χ3v) is 2.32. The maximum Gasteiger partial charge on any atom is 0.330 e. The maximum absolute atomic E-state index is 11.7. The molecule has 0 aromatic carbocycles. The molecule has 1 aromatic heterocycles. The highest BCUT2D eigenvalue weighted by Gasteiger charge is 2.12. The van der Waals surface area contributed by atoms with E-state index >= 15 is 0 Å². The number of anilines is 2. The van der Waals surface area contributed by atoms with Crippen LogP contribution in [-0.2, 0) is 6.54 Å². The van der Waals surface area contributed by atoms with Crippen LogP contribution >= 0.6 is 0 Å². The van der Waals surface area contributed by atoms with E-state index in [2.05, 4.69) is 22.1 Å². The van der Waals surface area contributed by atoms with Gasteiger partial charge in [-0.05, 0) is 12.8 Å². The van der Waals surface area contributed by atoms with E-state index < -0.39 is 11.2 Å². The van der Waals surface area contributed by atoms with Gasteiger partial charge in [0.25, 0.3) is 5.56 Å². The number of aromatic amines is 1. The van der Waals surface area contributed by atoms with E-state index in [1.54, 1.807) is 6.92 Å². The van der Waals surface area contributed by atoms with Crippen LogP contribution in [0.15, 0.2) is 9.59 Å². The van der Waals surface area contributed by atoms with E-state index in [0.717, 1.165) is 0 Å². The lowest BCUT2D eigenvalue weighted by Gasteiger charge is -2.14. The molecule has 0 radical (unpaired) electrons. The van der Waals surface area contributed by atoms with E-state index in [0.29, 0.717) is 13.1 Å². The molecule has 0 spiro atoms. The molecule has 0 saturated heterocycles. The highest BCUT2D eigenvalue weighted by atomic mass is 16.2. The van der Waals surface area contributed by atoms with Crippen molar-refractivity contribution in [1.82, 2.24) is 9.55 Å². The molecule has 0 amide bonds. The van der Waals surface area contributed by atoms with Crippen LogP contribution in [0.25, 0.3) is 0 Å². The fourth-order valence-corrected chi connectivity index (χ4v) is 1.53. The van der Waals surface area contributed by atoms with Gasteiger partial charge in [-0.15, -0.1) is 5.92 Å². The summed E-state index contributed by atoms with van der Waals surface area (Å²) in [7, 11) is 0. The van der Waals surface area contributed by atoms with Crippen molar-refractivity contribution in [2.75, 3.05) is 17.6 Å². The van der Waals surface area contributed by atoms with E-state index in [1.165, 1.54) is 4.57 Å². The van der Waals surface area contributed by atoms with E-state index in [4.69, 9.17) is 5.73 Å². The Labute approximate surface area is 105 Å². The number of nitrogens with one attached hydrogen (secondary N) is 2. The Morgan fingerprint density at radius 3 is 2.67 bits per heavy atom. The van der Waals surface area contributed by atoms with Crippen molar-refractivity contribution in [2.45, 2.75) is 27.3 Å². The predicted octanol–water partition coefficient (Wildman–Crippen LogP) is 0.210. The second-order valence-corrected chi connectivity index (χ2v) is 4.30. The summed E-state index contributed by atoms with van der Waals surface area (Å²) in [6.45, 7) is 6.40. The van der Waals surface area contributed by atoms with E-state index in [9.17, 15) is 9.59 Å². The van der Waals surface area contributed by atoms with Crippen LogP contribution in [0.4, 0.5) is 11.5 Å². The number of hydrogen-bond donors (Lipinski definition) is 3. The van der Waals surface area contributed by atoms with Gasteiger partial charge in [-0.1, -0.05) is 19.8 Å². The fourth-order valence-electron chi connectivity index (χ4n) is 1.53. The zero-order valence-electron chi connectivity index (χ0n) is 10.8. The van der Waals surface area contributed by atoms with Crippen molar-refractivity contribution >= 4 is 11.5 Å². The van der Waals surface area contributed by atoms with Crippen LogP contribution < -0.4 is 22.3 Å². The lowest BCUT2D eigenvalue weighted by molar-refractivity contribution is 0.508. The van der Waals surface area contributed by atoms with Gasteiger partial charge in [-0.3, -0.25) is 14.3 Å². The summed E-state index contributed by atoms with van der Waals surface area (Å²) < 4.78 is 1.35. The lowest BCUT2D eigenvalue weighted by Crippen LogP contribution is -2.35. The van der Waals surface area contributed by atoms with Gasteiger partial charge >= 0.3 is 5.69 Å². The molecule has 6 nitrogen and oxygen atoms in total. The first-order chi connectivity index (χ1) is 8.47. The van der Waals surface area contributed by atoms with Gasteiger partial charge in [0.15, 0.2) is 0 Å². The third kappa shape index (κ3) is 3.17. The topological polar surface area (TPSA) is 92.9 Å². The molecule has 4 N–H and O–H groups in total. The van der Waals surface area contributed by atoms with Crippen molar-refractivity contribution in [3.63, 3.8) is 0 Å². The van der Waals surface area contributed by atoms with E-state index in [-0.39, 0.29) is 17.4 Å². The molecule has 0 bridgehead atoms. The number of nitrogens with two attached hydrogens (primary N) is 1. The van der Waals surface area contributed by atoms with E-state index in [1.807, 2.05) is 13.8 Å². The molecule has 1 rings (SSSR count). The van der Waals surface area contributed by atoms with Crippen molar-refractivity contribution < 1.29 is 0 Å². The Balaban J connectivity index is 3.20. The van der Waals surface area contributed by atoms with Crippen LogP contribution in [0, 0.1) is 17.8 Å². The van der Waals surface area contributed by atoms with Crippen LogP contribution in [0.5, 0.6) is 0 Å². The zero-order valence-corrected chi connectivity index (χ0v) is 10.8. The Bertz CT molecular complexity index is 587. The highest BCUT2D eigenvalue weighted by Crippen LogP contribution is 2.11. The van der Waals surface area contributed by atoms with Gasteiger partial charge in [-0.2, -0.15) is 0 Å². The molecule has 0 saturated carbocycles. The van der Waals surface area contributed by atoms with Crippen LogP contribution in [0.3, 0.4) is 0 Å². The van der Waals surface area contributed by atoms with Gasteiger partial charge < -0.3 is 11.1 Å². The first-order valence-corrected chi connectivity index (χ1v) is 5.73. The minimum atomic E-state index is -0.518. The number of rotatable bonds is 4. The van der Waals surface area contributed by atoms with Gasteiger partial charge in [0, 0.05) is 6.54 Å². The first-order valence-electron chi connectivity index (χ1n) is 5.73. The van der Waals surface area contributed by atoms with Crippen molar-refractivity contribution in [3.05, 3.63) is 20.8 Å². The molecule has 1 aromatic rings. The van der Waals surface area contributed by atoms with Gasteiger partial charge in [0.1, 0.15) is 11.5 Å². The van der Waals surface area contributed by atoms with Crippen molar-refractivity contribution in [3.8, 4) is 11.8 Å². The predicted molar refractivity (Wildman–Crippen MR) is 72.5 cm³/mol. The van der Waals surface area contributed by atoms with Gasteiger partial charge in [0.2, 0.25) is 0 Å². The molecule has 0 aliphatic carbocycles. The Hall–Kier alpha value is -2.16. The molecule has 0 unspecified atom stereocenters. The first kappa shape index (κ1) is 13.9. The Morgan fingerprint density at radius 2 is 2.11 bits per heavy atom. The van der Waals surface area contributed by atoms with Crippen LogP contribution in [0.2, 0.25) is 0 Å². The third-order valence-electron chi connectivity index (χ3n) is 2.32. The van der Waals surface area contributed by atoms with Gasteiger partial charge in [0.05, 0.1) is 6.54 Å². The minimum absolute atomic E-state index is 0.148. The number of nitrogens with zero attached hydrogens (tertiary/aromatic N) is 1. The second kappa shape index (κ2) is 5.96. The van der Waals surface area contributed by atoms with Gasteiger partial charge in [-0.25, -0.2) is 4.79 Å². The molecular formula is C12H18N4O2. The fraction of sp³-hybridized carbons (Fsp3) is 0.500. The monoisotopic (exact) mass is 250 g/mol. The largest absolute Gasteiger partial charge is 0.383 e. The normalized spacial score (nSPS) is 10.0. The molecule has 18 heavy (non-hydrogen) atoms. The summed E-state index contributed by atoms with van der Waals surface area (Å²) in [5.41, 5.74) is 5.03. The summed E-state index contributed by atoms with van der Waals surface area (Å²) >= 11 is 0. The Morgan fingerprint density at radius 1 is 1.44 bits per heavy atom. The SMILES string of the molecule is CC#CCNc1c(N)n(CC(C)C)c(=O)[nH]c1=O. The quantitative estimate of drug-likeness (QED) is 0.666. The molecule has 1 heterocycles. The lowest BCUT2D eigenvalue weighted by atomic mass is 10.2. The highest BCUT2D eigenvalue weighted by molar-refractivity contribution is 5.60. The number of H-pyrrole nitrogens is 1. The standard InChI is InChI=1S/C12H18N4O2/c1-4-5-6-14-9-10(13)16(7-8(2)3)12(18)15-11(9)17/h8,14H,6-7,13H2,1-3H3,(H,15,17,18). The molecule has 98 valence electrons. The summed E-state index contributed by atoms with van der Waals surface area (Å²) in [5, 5.41) is 2.82. The molecule has 6 heteroatoms. The summed E-state index contributed by atoms with van der Waals surface area (Å²) in [6.07, 6.45) is 0. The second-order valence-electron chi connectivity index (χ2n) is 4.30. The zero-order chi connectivity index (χ0) is 13.7. The molecular weight excluding hydrogens is 232 g/mol. The number of nitrogen functional groups attached to an aromatic ring is 1.